The topological polar surface area (TPSA) is 97.9 Å². The van der Waals surface area contributed by atoms with Crippen molar-refractivity contribution >= 4 is 11.9 Å². The van der Waals surface area contributed by atoms with E-state index in [1.54, 1.807) is 0 Å². The van der Waals surface area contributed by atoms with Gasteiger partial charge >= 0.3 is 0 Å². The Labute approximate surface area is 257 Å². The molecule has 0 spiro atoms. The molecule has 2 aromatic rings. The lowest BCUT2D eigenvalue weighted by Crippen LogP contribution is -2.42. The molecule has 0 aliphatic heterocycles. The second-order valence-electron chi connectivity index (χ2n) is 12.2. The molecule has 0 atom stereocenters. The van der Waals surface area contributed by atoms with Crippen LogP contribution < -0.4 is 19.3 Å². The number of carbonyl (C=O) groups excluding carboxylic acids is 2. The van der Waals surface area contributed by atoms with Crippen LogP contribution in [0, 0.1) is 5.41 Å². The van der Waals surface area contributed by atoms with E-state index in [4.69, 9.17) is 19.8 Å². The first-order valence-corrected chi connectivity index (χ1v) is 16.2. The van der Waals surface area contributed by atoms with Crippen LogP contribution in [0.4, 0.5) is 0 Å². The minimum atomic E-state index is -1.08. The standard InChI is InChI=1S/2C15H29N2.2C2H4O2/c1-7-9-10-16-11-12-17(13-16)15(5,6)14(3,4)8-2;1-3-5-7-8-9-10-12-17-14-13-16(15-17)11-6-4-2;2*1-2(3)4/h11-13H,7-10H2,1-6H3;13-15H,3-12H2,1-2H3;2*1H3,(H,3,4)/q2*+1;;/p-2. The van der Waals surface area contributed by atoms with Crippen LogP contribution >= 0.6 is 0 Å². The van der Waals surface area contributed by atoms with Crippen molar-refractivity contribution in [3.63, 3.8) is 0 Å². The summed E-state index contributed by atoms with van der Waals surface area (Å²) in [5.41, 5.74) is 0.452. The van der Waals surface area contributed by atoms with Gasteiger partial charge in [-0.1, -0.05) is 80.1 Å². The Morgan fingerprint density at radius 2 is 1.12 bits per heavy atom. The second kappa shape index (κ2) is 23.9. The van der Waals surface area contributed by atoms with Gasteiger partial charge in [-0.05, 0) is 59.8 Å². The van der Waals surface area contributed by atoms with Crippen molar-refractivity contribution in [1.29, 1.82) is 0 Å². The summed E-state index contributed by atoms with van der Waals surface area (Å²) in [7, 11) is 0. The van der Waals surface area contributed by atoms with E-state index >= 15 is 0 Å². The summed E-state index contributed by atoms with van der Waals surface area (Å²) in [6, 6.07) is 0. The molecule has 0 aliphatic carbocycles. The molecule has 0 N–H and O–H groups in total. The molecule has 0 saturated carbocycles. The quantitative estimate of drug-likeness (QED) is 0.198. The predicted octanol–water partition coefficient (Wildman–Crippen LogP) is 5.20. The third kappa shape index (κ3) is 20.3. The van der Waals surface area contributed by atoms with Gasteiger partial charge in [-0.2, -0.15) is 0 Å². The van der Waals surface area contributed by atoms with Crippen LogP contribution in [0.25, 0.3) is 0 Å². The smallest absolute Gasteiger partial charge is 0.244 e. The molecular weight excluding hydrogens is 528 g/mol. The summed E-state index contributed by atoms with van der Waals surface area (Å²) in [6.07, 6.45) is 27.9. The molecule has 0 aliphatic rings. The fraction of sp³-hybridized carbons (Fsp3) is 0.765. The molecule has 0 bridgehead atoms. The second-order valence-corrected chi connectivity index (χ2v) is 12.2. The lowest BCUT2D eigenvalue weighted by Gasteiger charge is -2.38. The monoisotopic (exact) mass is 592 g/mol. The van der Waals surface area contributed by atoms with E-state index in [0.29, 0.717) is 5.41 Å². The number of aromatic nitrogens is 4. The van der Waals surface area contributed by atoms with E-state index in [2.05, 4.69) is 111 Å². The maximum Gasteiger partial charge on any atom is 0.244 e. The lowest BCUT2D eigenvalue weighted by atomic mass is 9.72. The van der Waals surface area contributed by atoms with E-state index in [1.807, 2.05) is 0 Å². The van der Waals surface area contributed by atoms with Crippen molar-refractivity contribution in [2.45, 2.75) is 165 Å². The lowest BCUT2D eigenvalue weighted by molar-refractivity contribution is -0.697. The van der Waals surface area contributed by atoms with Gasteiger partial charge in [0.2, 0.25) is 12.7 Å². The van der Waals surface area contributed by atoms with E-state index in [9.17, 15) is 0 Å². The molecule has 244 valence electrons. The van der Waals surface area contributed by atoms with E-state index in [-0.39, 0.29) is 5.54 Å². The molecule has 0 unspecified atom stereocenters. The molecular formula is C34H64N4O4. The van der Waals surface area contributed by atoms with Crippen molar-refractivity contribution in [3.8, 4) is 0 Å². The van der Waals surface area contributed by atoms with Gasteiger partial charge in [-0.25, -0.2) is 18.3 Å². The van der Waals surface area contributed by atoms with Crippen molar-refractivity contribution in [2.75, 3.05) is 0 Å². The maximum absolute atomic E-state index is 8.89. The zero-order valence-electron chi connectivity index (χ0n) is 28.8. The average molecular weight is 593 g/mol. The van der Waals surface area contributed by atoms with E-state index < -0.39 is 11.9 Å². The highest BCUT2D eigenvalue weighted by Crippen LogP contribution is 2.39. The van der Waals surface area contributed by atoms with Crippen molar-refractivity contribution in [3.05, 3.63) is 37.4 Å². The molecule has 0 amide bonds. The first kappa shape index (κ1) is 41.5. The Bertz CT molecular complexity index is 927. The molecule has 0 aromatic carbocycles. The first-order chi connectivity index (χ1) is 19.7. The van der Waals surface area contributed by atoms with Gasteiger partial charge in [-0.15, -0.1) is 0 Å². The number of carboxylic acid groups (broad SMARTS) is 2. The number of unbranched alkanes of at least 4 members (excludes halogenated alkanes) is 7. The van der Waals surface area contributed by atoms with Crippen LogP contribution in [0.3, 0.4) is 0 Å². The third-order valence-corrected chi connectivity index (χ3v) is 7.93. The molecule has 8 nitrogen and oxygen atoms in total. The summed E-state index contributed by atoms with van der Waals surface area (Å²) in [5, 5.41) is 17.8. The minimum Gasteiger partial charge on any atom is -0.550 e. The summed E-state index contributed by atoms with van der Waals surface area (Å²) in [6.45, 7) is 23.8. The number of carboxylic acids is 2. The Morgan fingerprint density at radius 1 is 0.667 bits per heavy atom. The van der Waals surface area contributed by atoms with Crippen molar-refractivity contribution < 1.29 is 28.9 Å². The van der Waals surface area contributed by atoms with Crippen LogP contribution in [-0.4, -0.2) is 21.1 Å². The number of imidazole rings is 2. The van der Waals surface area contributed by atoms with Gasteiger partial charge < -0.3 is 19.8 Å². The zero-order chi connectivity index (χ0) is 32.6. The maximum atomic E-state index is 8.89. The van der Waals surface area contributed by atoms with Gasteiger partial charge in [-0.3, -0.25) is 0 Å². The number of aliphatic carboxylic acids is 2. The van der Waals surface area contributed by atoms with Gasteiger partial charge in [0, 0.05) is 17.4 Å². The van der Waals surface area contributed by atoms with Gasteiger partial charge in [0.1, 0.15) is 30.3 Å². The molecule has 2 rings (SSSR count). The van der Waals surface area contributed by atoms with E-state index in [1.165, 1.54) is 83.7 Å². The number of rotatable bonds is 16. The normalized spacial score (nSPS) is 10.9. The zero-order valence-corrected chi connectivity index (χ0v) is 28.8. The van der Waals surface area contributed by atoms with Crippen LogP contribution in [0.2, 0.25) is 0 Å². The minimum absolute atomic E-state index is 0.152. The first-order valence-electron chi connectivity index (χ1n) is 16.2. The summed E-state index contributed by atoms with van der Waals surface area (Å²) < 4.78 is 9.30. The number of aryl methyl sites for hydroxylation is 3. The Morgan fingerprint density at radius 3 is 1.64 bits per heavy atom. The Hall–Kier alpha value is -2.64. The summed E-state index contributed by atoms with van der Waals surface area (Å²) >= 11 is 0. The largest absolute Gasteiger partial charge is 0.550 e. The van der Waals surface area contributed by atoms with Crippen LogP contribution in [0.1, 0.15) is 140 Å². The number of hydrogen-bond donors (Lipinski definition) is 0. The highest BCUT2D eigenvalue weighted by molar-refractivity contribution is 5.60. The summed E-state index contributed by atoms with van der Waals surface area (Å²) in [5.74, 6) is -2.17. The fourth-order valence-electron chi connectivity index (χ4n) is 4.10. The molecule has 0 radical (unpaired) electrons. The molecule has 0 fully saturated rings. The van der Waals surface area contributed by atoms with E-state index in [0.717, 1.165) is 20.4 Å². The molecule has 2 heterocycles. The van der Waals surface area contributed by atoms with Gasteiger partial charge in [0.05, 0.1) is 19.6 Å². The van der Waals surface area contributed by atoms with Crippen molar-refractivity contribution in [2.24, 2.45) is 5.41 Å². The molecule has 42 heavy (non-hydrogen) atoms. The third-order valence-electron chi connectivity index (χ3n) is 7.93. The Kier molecular flexibility index (Phi) is 23.6. The molecule has 2 aromatic heterocycles. The number of hydrogen-bond acceptors (Lipinski definition) is 4. The highest BCUT2D eigenvalue weighted by atomic mass is 16.4. The predicted molar refractivity (Wildman–Crippen MR) is 167 cm³/mol. The fourth-order valence-corrected chi connectivity index (χ4v) is 4.10. The van der Waals surface area contributed by atoms with Crippen molar-refractivity contribution in [1.82, 2.24) is 9.13 Å². The Balaban J connectivity index is 0. The average Bonchev–Trinajstić information content (AvgIpc) is 3.58. The SMILES string of the molecule is CC(=O)[O-].CC(=O)[O-].CCCCCCCC[n+]1ccn(CCCC)c1.CCCC[n+]1ccn(C(C)(C)C(C)(C)CC)c1. The summed E-state index contributed by atoms with van der Waals surface area (Å²) in [4.78, 5) is 17.8. The number of carbonyl (C=O) groups is 2. The number of nitrogens with zero attached hydrogens (tertiary/aromatic N) is 4. The van der Waals surface area contributed by atoms with Crippen LogP contribution in [-0.2, 0) is 34.8 Å². The molecule has 0 saturated heterocycles. The van der Waals surface area contributed by atoms with Gasteiger partial charge in [0.25, 0.3) is 0 Å². The van der Waals surface area contributed by atoms with Gasteiger partial charge in [0.15, 0.2) is 0 Å². The highest BCUT2D eigenvalue weighted by Gasteiger charge is 2.41. The van der Waals surface area contributed by atoms with Crippen LogP contribution in [0.5, 0.6) is 0 Å². The van der Waals surface area contributed by atoms with Crippen LogP contribution in [0.15, 0.2) is 37.4 Å². The molecule has 8 heteroatoms.